The molecule has 1 saturated heterocycles. The maximum absolute atomic E-state index is 5.96. The van der Waals surface area contributed by atoms with E-state index in [0.717, 1.165) is 43.1 Å². The molecule has 2 aliphatic heterocycles. The molecular weight excluding hydrogens is 292 g/mol. The smallest absolute Gasteiger partial charge is 0.193 e. The van der Waals surface area contributed by atoms with Gasteiger partial charge in [0.05, 0.1) is 13.2 Å². The first kappa shape index (κ1) is 15.9. The standard InChI is InChI=1S/C17H26N4O2/c18-17(19-7-3-10-21-8-1-2-9-21)20-14-5-6-15-16(13-14)23-12-4-11-22-15/h5-6,13H,1-4,7-12H2,(H3,18,19,20). The highest BCUT2D eigenvalue weighted by molar-refractivity contribution is 5.92. The van der Waals surface area contributed by atoms with E-state index >= 15 is 0 Å². The van der Waals surface area contributed by atoms with Gasteiger partial charge in [-0.1, -0.05) is 0 Å². The van der Waals surface area contributed by atoms with Gasteiger partial charge in [-0.05, 0) is 51.0 Å². The summed E-state index contributed by atoms with van der Waals surface area (Å²) in [6.45, 7) is 5.70. The summed E-state index contributed by atoms with van der Waals surface area (Å²) < 4.78 is 11.3. The van der Waals surface area contributed by atoms with E-state index in [1.165, 1.54) is 25.9 Å². The van der Waals surface area contributed by atoms with E-state index in [0.29, 0.717) is 19.2 Å². The number of anilines is 1. The molecule has 2 aliphatic rings. The van der Waals surface area contributed by atoms with Crippen molar-refractivity contribution >= 4 is 11.6 Å². The molecule has 0 atom stereocenters. The molecule has 0 radical (unpaired) electrons. The Labute approximate surface area is 137 Å². The molecule has 0 amide bonds. The summed E-state index contributed by atoms with van der Waals surface area (Å²) in [7, 11) is 0. The normalized spacial score (nSPS) is 18.7. The highest BCUT2D eigenvalue weighted by Gasteiger charge is 2.11. The lowest BCUT2D eigenvalue weighted by Crippen LogP contribution is -2.24. The van der Waals surface area contributed by atoms with Crippen molar-refractivity contribution in [3.63, 3.8) is 0 Å². The van der Waals surface area contributed by atoms with Crippen LogP contribution in [0.15, 0.2) is 23.2 Å². The van der Waals surface area contributed by atoms with Crippen molar-refractivity contribution in [1.82, 2.24) is 4.90 Å². The van der Waals surface area contributed by atoms with Crippen LogP contribution in [0.3, 0.4) is 0 Å². The molecule has 2 heterocycles. The molecule has 6 heteroatoms. The maximum atomic E-state index is 5.96. The fraction of sp³-hybridized carbons (Fsp3) is 0.588. The number of fused-ring (bicyclic) bond motifs is 1. The van der Waals surface area contributed by atoms with Gasteiger partial charge in [0.25, 0.3) is 0 Å². The van der Waals surface area contributed by atoms with Gasteiger partial charge < -0.3 is 25.4 Å². The molecule has 1 fully saturated rings. The minimum absolute atomic E-state index is 0.445. The van der Waals surface area contributed by atoms with Gasteiger partial charge in [-0.25, -0.2) is 0 Å². The van der Waals surface area contributed by atoms with Crippen LogP contribution in [0.4, 0.5) is 5.69 Å². The van der Waals surface area contributed by atoms with Crippen molar-refractivity contribution in [1.29, 1.82) is 0 Å². The monoisotopic (exact) mass is 318 g/mol. The lowest BCUT2D eigenvalue weighted by Gasteiger charge is -2.13. The zero-order valence-corrected chi connectivity index (χ0v) is 13.6. The Balaban J connectivity index is 1.47. The Bertz CT molecular complexity index is 541. The number of rotatable bonds is 5. The van der Waals surface area contributed by atoms with E-state index in [4.69, 9.17) is 15.2 Å². The van der Waals surface area contributed by atoms with E-state index in [9.17, 15) is 0 Å². The average Bonchev–Trinajstić information content (AvgIpc) is 2.96. The Morgan fingerprint density at radius 3 is 2.74 bits per heavy atom. The molecule has 0 spiro atoms. The third-order valence-electron chi connectivity index (χ3n) is 4.13. The van der Waals surface area contributed by atoms with Gasteiger partial charge in [-0.15, -0.1) is 0 Å². The molecule has 1 aromatic carbocycles. The summed E-state index contributed by atoms with van der Waals surface area (Å²) in [4.78, 5) is 6.88. The molecule has 0 unspecified atom stereocenters. The molecule has 1 aromatic rings. The summed E-state index contributed by atoms with van der Waals surface area (Å²) in [6.07, 6.45) is 4.61. The number of ether oxygens (including phenoxy) is 2. The lowest BCUT2D eigenvalue weighted by molar-refractivity contribution is 0.297. The molecule has 6 nitrogen and oxygen atoms in total. The SMILES string of the molecule is NC(=NCCCN1CCCC1)Nc1ccc2c(c1)OCCCO2. The minimum Gasteiger partial charge on any atom is -0.490 e. The first-order valence-corrected chi connectivity index (χ1v) is 8.50. The molecule has 126 valence electrons. The Kier molecular flexibility index (Phi) is 5.58. The Morgan fingerprint density at radius 1 is 1.13 bits per heavy atom. The molecule has 0 bridgehead atoms. The maximum Gasteiger partial charge on any atom is 0.193 e. The fourth-order valence-corrected chi connectivity index (χ4v) is 2.93. The zero-order chi connectivity index (χ0) is 15.9. The first-order chi connectivity index (χ1) is 11.3. The first-order valence-electron chi connectivity index (χ1n) is 8.50. The van der Waals surface area contributed by atoms with Gasteiger partial charge in [0.15, 0.2) is 17.5 Å². The van der Waals surface area contributed by atoms with Gasteiger partial charge in [-0.2, -0.15) is 0 Å². The zero-order valence-electron chi connectivity index (χ0n) is 13.6. The second-order valence-corrected chi connectivity index (χ2v) is 6.01. The molecule has 23 heavy (non-hydrogen) atoms. The Hall–Kier alpha value is -1.95. The molecule has 3 N–H and O–H groups in total. The molecule has 0 aromatic heterocycles. The van der Waals surface area contributed by atoms with Crippen molar-refractivity contribution in [3.8, 4) is 11.5 Å². The second-order valence-electron chi connectivity index (χ2n) is 6.01. The van der Waals surface area contributed by atoms with Gasteiger partial charge in [0.2, 0.25) is 0 Å². The average molecular weight is 318 g/mol. The van der Waals surface area contributed by atoms with Crippen LogP contribution in [-0.2, 0) is 0 Å². The van der Waals surface area contributed by atoms with Crippen LogP contribution < -0.4 is 20.5 Å². The van der Waals surface area contributed by atoms with Crippen LogP contribution in [0, 0.1) is 0 Å². The van der Waals surface area contributed by atoms with Crippen molar-refractivity contribution in [2.45, 2.75) is 25.7 Å². The quantitative estimate of drug-likeness (QED) is 0.494. The highest BCUT2D eigenvalue weighted by Crippen LogP contribution is 2.32. The van der Waals surface area contributed by atoms with Gasteiger partial charge in [0.1, 0.15) is 0 Å². The summed E-state index contributed by atoms with van der Waals surface area (Å²) >= 11 is 0. The molecular formula is C17H26N4O2. The molecule has 0 aliphatic carbocycles. The third kappa shape index (κ3) is 4.76. The van der Waals surface area contributed by atoms with E-state index in [1.54, 1.807) is 0 Å². The van der Waals surface area contributed by atoms with Gasteiger partial charge >= 0.3 is 0 Å². The van der Waals surface area contributed by atoms with Crippen LogP contribution in [-0.4, -0.2) is 50.3 Å². The number of benzene rings is 1. The van der Waals surface area contributed by atoms with Crippen LogP contribution >= 0.6 is 0 Å². The largest absolute Gasteiger partial charge is 0.490 e. The van der Waals surface area contributed by atoms with Gasteiger partial charge in [-0.3, -0.25) is 4.99 Å². The van der Waals surface area contributed by atoms with E-state index in [1.807, 2.05) is 18.2 Å². The number of guanidine groups is 1. The number of nitrogens with zero attached hydrogens (tertiary/aromatic N) is 2. The van der Waals surface area contributed by atoms with Crippen LogP contribution in [0.2, 0.25) is 0 Å². The summed E-state index contributed by atoms with van der Waals surface area (Å²) in [5.74, 6) is 1.99. The second kappa shape index (κ2) is 8.06. The van der Waals surface area contributed by atoms with Gasteiger partial charge in [0, 0.05) is 24.7 Å². The number of hydrogen-bond donors (Lipinski definition) is 2. The predicted molar refractivity (Wildman–Crippen MR) is 92.5 cm³/mol. The summed E-state index contributed by atoms with van der Waals surface area (Å²) in [5, 5.41) is 3.12. The number of likely N-dealkylation sites (tertiary alicyclic amines) is 1. The Morgan fingerprint density at radius 2 is 1.91 bits per heavy atom. The third-order valence-corrected chi connectivity index (χ3v) is 4.13. The highest BCUT2D eigenvalue weighted by atomic mass is 16.5. The number of hydrogen-bond acceptors (Lipinski definition) is 4. The minimum atomic E-state index is 0.445. The van der Waals surface area contributed by atoms with E-state index in [2.05, 4.69) is 15.2 Å². The van der Waals surface area contributed by atoms with Crippen molar-refractivity contribution in [3.05, 3.63) is 18.2 Å². The van der Waals surface area contributed by atoms with Crippen molar-refractivity contribution in [2.75, 3.05) is 44.7 Å². The van der Waals surface area contributed by atoms with Crippen LogP contribution in [0.25, 0.3) is 0 Å². The molecule has 3 rings (SSSR count). The summed E-state index contributed by atoms with van der Waals surface area (Å²) in [5.41, 5.74) is 6.83. The predicted octanol–water partition coefficient (Wildman–Crippen LogP) is 2.06. The summed E-state index contributed by atoms with van der Waals surface area (Å²) in [6, 6.07) is 5.75. The molecule has 0 saturated carbocycles. The number of nitrogens with two attached hydrogens (primary N) is 1. The van der Waals surface area contributed by atoms with Crippen molar-refractivity contribution in [2.24, 2.45) is 10.7 Å². The van der Waals surface area contributed by atoms with E-state index in [-0.39, 0.29) is 0 Å². The van der Waals surface area contributed by atoms with Crippen LogP contribution in [0.1, 0.15) is 25.7 Å². The number of nitrogens with one attached hydrogen (secondary N) is 1. The topological polar surface area (TPSA) is 72.1 Å². The van der Waals surface area contributed by atoms with E-state index < -0.39 is 0 Å². The number of aliphatic imine (C=N–C) groups is 1. The van der Waals surface area contributed by atoms with Crippen LogP contribution in [0.5, 0.6) is 11.5 Å². The fourth-order valence-electron chi connectivity index (χ4n) is 2.93. The lowest BCUT2D eigenvalue weighted by atomic mass is 10.3. The van der Waals surface area contributed by atoms with Crippen molar-refractivity contribution < 1.29 is 9.47 Å².